The van der Waals surface area contributed by atoms with Gasteiger partial charge in [-0.15, -0.1) is 0 Å². The molecule has 4 heteroatoms. The Morgan fingerprint density at radius 2 is 2.44 bits per heavy atom. The van der Waals surface area contributed by atoms with E-state index in [9.17, 15) is 4.79 Å². The van der Waals surface area contributed by atoms with Crippen LogP contribution in [0.2, 0.25) is 0 Å². The first-order valence-corrected chi connectivity index (χ1v) is 5.80. The SMILES string of the molecule is CCN(C(=O)c1ccc(C)o1)C1CCNC1. The van der Waals surface area contributed by atoms with Crippen molar-refractivity contribution in [1.29, 1.82) is 0 Å². The molecule has 1 aliphatic rings. The van der Waals surface area contributed by atoms with Crippen LogP contribution in [0.5, 0.6) is 0 Å². The standard InChI is InChI=1S/C12H18N2O2/c1-3-14(10-6-7-13-8-10)12(15)11-5-4-9(2)16-11/h4-5,10,13H,3,6-8H2,1-2H3. The lowest BCUT2D eigenvalue weighted by Crippen LogP contribution is -2.41. The van der Waals surface area contributed by atoms with Crippen molar-refractivity contribution < 1.29 is 9.21 Å². The third-order valence-electron chi connectivity index (χ3n) is 3.03. The number of likely N-dealkylation sites (N-methyl/N-ethyl adjacent to an activating group) is 1. The van der Waals surface area contributed by atoms with Crippen molar-refractivity contribution in [2.45, 2.75) is 26.3 Å². The van der Waals surface area contributed by atoms with Crippen LogP contribution < -0.4 is 5.32 Å². The van der Waals surface area contributed by atoms with Gasteiger partial charge in [-0.2, -0.15) is 0 Å². The van der Waals surface area contributed by atoms with Gasteiger partial charge in [0.05, 0.1) is 0 Å². The lowest BCUT2D eigenvalue weighted by molar-refractivity contribution is 0.0670. The maximum atomic E-state index is 12.2. The highest BCUT2D eigenvalue weighted by Crippen LogP contribution is 2.15. The van der Waals surface area contributed by atoms with Gasteiger partial charge in [-0.05, 0) is 38.9 Å². The monoisotopic (exact) mass is 222 g/mol. The summed E-state index contributed by atoms with van der Waals surface area (Å²) in [7, 11) is 0. The van der Waals surface area contributed by atoms with Crippen molar-refractivity contribution >= 4 is 5.91 Å². The summed E-state index contributed by atoms with van der Waals surface area (Å²) in [4.78, 5) is 14.1. The number of carbonyl (C=O) groups excluding carboxylic acids is 1. The Bertz CT molecular complexity index is 367. The van der Waals surface area contributed by atoms with Crippen LogP contribution in [0.25, 0.3) is 0 Å². The van der Waals surface area contributed by atoms with Crippen molar-refractivity contribution in [3.8, 4) is 0 Å². The fraction of sp³-hybridized carbons (Fsp3) is 0.583. The van der Waals surface area contributed by atoms with Crippen LogP contribution in [0, 0.1) is 6.92 Å². The molecule has 16 heavy (non-hydrogen) atoms. The average Bonchev–Trinajstić information content (AvgIpc) is 2.90. The normalized spacial score (nSPS) is 20.0. The smallest absolute Gasteiger partial charge is 0.289 e. The molecule has 0 radical (unpaired) electrons. The van der Waals surface area contributed by atoms with E-state index in [1.807, 2.05) is 24.8 Å². The predicted octanol–water partition coefficient (Wildman–Crippen LogP) is 1.41. The van der Waals surface area contributed by atoms with Gasteiger partial charge in [0, 0.05) is 19.1 Å². The van der Waals surface area contributed by atoms with Crippen LogP contribution >= 0.6 is 0 Å². The Morgan fingerprint density at radius 1 is 1.62 bits per heavy atom. The van der Waals surface area contributed by atoms with Crippen LogP contribution in [0.15, 0.2) is 16.5 Å². The van der Waals surface area contributed by atoms with Crippen LogP contribution in [0.3, 0.4) is 0 Å². The minimum Gasteiger partial charge on any atom is -0.456 e. The molecule has 1 aliphatic heterocycles. The number of aryl methyl sites for hydroxylation is 1. The summed E-state index contributed by atoms with van der Waals surface area (Å²) in [6.45, 7) is 6.46. The van der Waals surface area contributed by atoms with E-state index in [2.05, 4.69) is 5.32 Å². The predicted molar refractivity (Wildman–Crippen MR) is 61.4 cm³/mol. The van der Waals surface area contributed by atoms with Gasteiger partial charge >= 0.3 is 0 Å². The second-order valence-corrected chi connectivity index (χ2v) is 4.15. The van der Waals surface area contributed by atoms with E-state index in [-0.39, 0.29) is 5.91 Å². The maximum Gasteiger partial charge on any atom is 0.289 e. The summed E-state index contributed by atoms with van der Waals surface area (Å²) in [6, 6.07) is 3.89. The Balaban J connectivity index is 2.11. The molecule has 88 valence electrons. The van der Waals surface area contributed by atoms with Crippen molar-refractivity contribution in [2.24, 2.45) is 0 Å². The van der Waals surface area contributed by atoms with Crippen LogP contribution in [0.4, 0.5) is 0 Å². The van der Waals surface area contributed by atoms with E-state index in [4.69, 9.17) is 4.42 Å². The molecule has 0 spiro atoms. The van der Waals surface area contributed by atoms with Gasteiger partial charge in [-0.25, -0.2) is 0 Å². The van der Waals surface area contributed by atoms with E-state index in [1.54, 1.807) is 6.07 Å². The zero-order valence-corrected chi connectivity index (χ0v) is 9.82. The number of carbonyl (C=O) groups is 1. The first-order chi connectivity index (χ1) is 7.72. The fourth-order valence-electron chi connectivity index (χ4n) is 2.16. The van der Waals surface area contributed by atoms with Gasteiger partial charge in [0.15, 0.2) is 5.76 Å². The second kappa shape index (κ2) is 4.70. The second-order valence-electron chi connectivity index (χ2n) is 4.15. The molecule has 4 nitrogen and oxygen atoms in total. The third-order valence-corrected chi connectivity index (χ3v) is 3.03. The number of rotatable bonds is 3. The average molecular weight is 222 g/mol. The minimum absolute atomic E-state index is 0.00398. The van der Waals surface area contributed by atoms with Gasteiger partial charge in [-0.3, -0.25) is 4.79 Å². The molecule has 1 saturated heterocycles. The van der Waals surface area contributed by atoms with Gasteiger partial charge in [-0.1, -0.05) is 0 Å². The summed E-state index contributed by atoms with van der Waals surface area (Å²) in [5.74, 6) is 1.24. The summed E-state index contributed by atoms with van der Waals surface area (Å²) in [5.41, 5.74) is 0. The Labute approximate surface area is 95.6 Å². The van der Waals surface area contributed by atoms with E-state index in [0.717, 1.165) is 31.8 Å². The van der Waals surface area contributed by atoms with Gasteiger partial charge < -0.3 is 14.6 Å². The first-order valence-electron chi connectivity index (χ1n) is 5.80. The first kappa shape index (κ1) is 11.2. The number of nitrogens with zero attached hydrogens (tertiary/aromatic N) is 1. The van der Waals surface area contributed by atoms with Crippen LogP contribution in [0.1, 0.15) is 29.7 Å². The van der Waals surface area contributed by atoms with E-state index in [1.165, 1.54) is 0 Å². The Hall–Kier alpha value is -1.29. The zero-order chi connectivity index (χ0) is 11.5. The quantitative estimate of drug-likeness (QED) is 0.841. The molecule has 2 heterocycles. The molecule has 1 N–H and O–H groups in total. The molecule has 0 bridgehead atoms. The topological polar surface area (TPSA) is 45.5 Å². The largest absolute Gasteiger partial charge is 0.456 e. The number of hydrogen-bond donors (Lipinski definition) is 1. The summed E-state index contributed by atoms with van der Waals surface area (Å²) >= 11 is 0. The molecular formula is C12H18N2O2. The summed E-state index contributed by atoms with van der Waals surface area (Å²) in [6.07, 6.45) is 1.03. The van der Waals surface area contributed by atoms with E-state index in [0.29, 0.717) is 11.8 Å². The van der Waals surface area contributed by atoms with Crippen LogP contribution in [-0.2, 0) is 0 Å². The zero-order valence-electron chi connectivity index (χ0n) is 9.82. The van der Waals surface area contributed by atoms with Gasteiger partial charge in [0.25, 0.3) is 5.91 Å². The minimum atomic E-state index is 0.00398. The fourth-order valence-corrected chi connectivity index (χ4v) is 2.16. The number of hydrogen-bond acceptors (Lipinski definition) is 3. The van der Waals surface area contributed by atoms with Crippen molar-refractivity contribution in [3.05, 3.63) is 23.7 Å². The highest BCUT2D eigenvalue weighted by Gasteiger charge is 2.27. The molecule has 1 aromatic rings. The van der Waals surface area contributed by atoms with Gasteiger partial charge in [0.1, 0.15) is 5.76 Å². The number of nitrogens with one attached hydrogen (secondary N) is 1. The molecule has 1 atom stereocenters. The molecule has 0 aliphatic carbocycles. The molecule has 1 amide bonds. The summed E-state index contributed by atoms with van der Waals surface area (Å²) < 4.78 is 5.38. The highest BCUT2D eigenvalue weighted by molar-refractivity contribution is 5.91. The molecular weight excluding hydrogens is 204 g/mol. The van der Waals surface area contributed by atoms with Gasteiger partial charge in [0.2, 0.25) is 0 Å². The molecule has 2 rings (SSSR count). The van der Waals surface area contributed by atoms with Crippen LogP contribution in [-0.4, -0.2) is 36.5 Å². The molecule has 1 aromatic heterocycles. The lowest BCUT2D eigenvalue weighted by Gasteiger charge is -2.26. The Kier molecular flexibility index (Phi) is 3.29. The van der Waals surface area contributed by atoms with Crippen molar-refractivity contribution in [2.75, 3.05) is 19.6 Å². The number of amides is 1. The van der Waals surface area contributed by atoms with Crippen molar-refractivity contribution in [3.63, 3.8) is 0 Å². The maximum absolute atomic E-state index is 12.2. The lowest BCUT2D eigenvalue weighted by atomic mass is 10.2. The van der Waals surface area contributed by atoms with Crippen molar-refractivity contribution in [1.82, 2.24) is 10.2 Å². The molecule has 1 fully saturated rings. The molecule has 0 aromatic carbocycles. The van der Waals surface area contributed by atoms with E-state index >= 15 is 0 Å². The highest BCUT2D eigenvalue weighted by atomic mass is 16.3. The Morgan fingerprint density at radius 3 is 2.94 bits per heavy atom. The number of furan rings is 1. The molecule has 1 unspecified atom stereocenters. The van der Waals surface area contributed by atoms with E-state index < -0.39 is 0 Å². The molecule has 0 saturated carbocycles. The third kappa shape index (κ3) is 2.11. The summed E-state index contributed by atoms with van der Waals surface area (Å²) in [5, 5.41) is 3.27.